The fourth-order valence-corrected chi connectivity index (χ4v) is 6.44. The van der Waals surface area contributed by atoms with Crippen LogP contribution in [-0.2, 0) is 0 Å². The van der Waals surface area contributed by atoms with Gasteiger partial charge in [0.15, 0.2) is 17.5 Å². The molecule has 7 aromatic carbocycles. The van der Waals surface area contributed by atoms with Gasteiger partial charge in [0.2, 0.25) is 0 Å². The minimum Gasteiger partial charge on any atom is -0.456 e. The maximum absolute atomic E-state index is 9.60. The molecule has 9 aromatic rings. The van der Waals surface area contributed by atoms with Crippen LogP contribution in [0.1, 0.15) is 5.56 Å². The normalized spacial score (nSPS) is 11.4. The quantitative estimate of drug-likeness (QED) is 0.188. The van der Waals surface area contributed by atoms with E-state index in [1.165, 1.54) is 5.39 Å². The highest BCUT2D eigenvalue weighted by Gasteiger charge is 2.16. The van der Waals surface area contributed by atoms with Gasteiger partial charge < -0.3 is 4.42 Å². The van der Waals surface area contributed by atoms with Crippen LogP contribution in [0.25, 0.3) is 88.8 Å². The topological polar surface area (TPSA) is 75.6 Å². The molecular formula is C42H24N4O. The van der Waals surface area contributed by atoms with Crippen LogP contribution in [0.2, 0.25) is 0 Å². The summed E-state index contributed by atoms with van der Waals surface area (Å²) in [6.07, 6.45) is 0. The number of nitrogens with zero attached hydrogens (tertiary/aromatic N) is 4. The largest absolute Gasteiger partial charge is 0.456 e. The van der Waals surface area contributed by atoms with Crippen LogP contribution in [0.3, 0.4) is 0 Å². The van der Waals surface area contributed by atoms with Crippen LogP contribution in [0.15, 0.2) is 150 Å². The Balaban J connectivity index is 1.19. The van der Waals surface area contributed by atoms with Crippen LogP contribution >= 0.6 is 0 Å². The Hall–Kier alpha value is -6.64. The number of hydrogen-bond donors (Lipinski definition) is 0. The summed E-state index contributed by atoms with van der Waals surface area (Å²) in [5.74, 6) is 1.65. The average Bonchev–Trinajstić information content (AvgIpc) is 3.52. The molecule has 9 rings (SSSR count). The van der Waals surface area contributed by atoms with Gasteiger partial charge in [-0.1, -0.05) is 109 Å². The van der Waals surface area contributed by atoms with Gasteiger partial charge in [-0.2, -0.15) is 5.26 Å². The van der Waals surface area contributed by atoms with Crippen molar-refractivity contribution in [2.24, 2.45) is 0 Å². The summed E-state index contributed by atoms with van der Waals surface area (Å²) < 4.78 is 6.14. The number of hydrogen-bond acceptors (Lipinski definition) is 5. The van der Waals surface area contributed by atoms with E-state index in [-0.39, 0.29) is 0 Å². The molecule has 0 saturated heterocycles. The molecule has 0 radical (unpaired) electrons. The second-order valence-corrected chi connectivity index (χ2v) is 11.6. The summed E-state index contributed by atoms with van der Waals surface area (Å²) in [4.78, 5) is 15.0. The number of rotatable bonds is 4. The molecule has 0 aliphatic rings. The first-order valence-electron chi connectivity index (χ1n) is 15.4. The van der Waals surface area contributed by atoms with Gasteiger partial charge in [0.05, 0.1) is 11.6 Å². The van der Waals surface area contributed by atoms with Crippen LogP contribution in [0.4, 0.5) is 0 Å². The summed E-state index contributed by atoms with van der Waals surface area (Å²) in [5.41, 5.74) is 6.98. The molecule has 2 heterocycles. The van der Waals surface area contributed by atoms with Crippen molar-refractivity contribution in [1.29, 1.82) is 5.26 Å². The van der Waals surface area contributed by atoms with Crippen molar-refractivity contribution < 1.29 is 4.42 Å². The maximum atomic E-state index is 9.60. The highest BCUT2D eigenvalue weighted by Crippen LogP contribution is 2.36. The number of para-hydroxylation sites is 1. The molecule has 0 fully saturated rings. The minimum absolute atomic E-state index is 0.513. The standard InChI is InChI=1S/C42H24N4O/c43-25-26-8-7-10-31(22-26)41-44-40(45-42(46-41)37-23-30-9-1-2-11-32(30)33-12-3-4-13-34(33)37)28-18-16-27(17-19-28)29-20-21-36-35-14-5-6-15-38(35)47-39(36)24-29/h1-24H. The van der Waals surface area contributed by atoms with E-state index < -0.39 is 0 Å². The lowest BCUT2D eigenvalue weighted by molar-refractivity contribution is 0.669. The minimum atomic E-state index is 0.513. The SMILES string of the molecule is N#Cc1cccc(-c2nc(-c3ccc(-c4ccc5c(c4)oc4ccccc45)cc3)nc(-c3cc4ccccc4c4ccccc34)n2)c1. The fourth-order valence-electron chi connectivity index (χ4n) is 6.44. The summed E-state index contributed by atoms with van der Waals surface area (Å²) in [7, 11) is 0. The molecule has 2 aromatic heterocycles. The van der Waals surface area contributed by atoms with Crippen molar-refractivity contribution in [2.45, 2.75) is 0 Å². The van der Waals surface area contributed by atoms with E-state index in [9.17, 15) is 5.26 Å². The summed E-state index contributed by atoms with van der Waals surface area (Å²) in [5, 5.41) is 16.3. The van der Waals surface area contributed by atoms with Crippen LogP contribution in [0, 0.1) is 11.3 Å². The third-order valence-electron chi connectivity index (χ3n) is 8.75. The van der Waals surface area contributed by atoms with Gasteiger partial charge in [0.1, 0.15) is 11.2 Å². The van der Waals surface area contributed by atoms with Gasteiger partial charge >= 0.3 is 0 Å². The van der Waals surface area contributed by atoms with E-state index in [1.807, 2.05) is 60.7 Å². The Bertz CT molecular complexity index is 2700. The molecular weight excluding hydrogens is 576 g/mol. The molecule has 5 heteroatoms. The van der Waals surface area contributed by atoms with Crippen molar-refractivity contribution in [3.05, 3.63) is 151 Å². The van der Waals surface area contributed by atoms with Gasteiger partial charge in [-0.25, -0.2) is 15.0 Å². The molecule has 0 spiro atoms. The van der Waals surface area contributed by atoms with Gasteiger partial charge in [-0.3, -0.25) is 0 Å². The van der Waals surface area contributed by atoms with E-state index >= 15 is 0 Å². The number of furan rings is 1. The fraction of sp³-hybridized carbons (Fsp3) is 0. The molecule has 0 aliphatic carbocycles. The monoisotopic (exact) mass is 600 g/mol. The number of aromatic nitrogens is 3. The van der Waals surface area contributed by atoms with Crippen LogP contribution in [0.5, 0.6) is 0 Å². The first-order chi connectivity index (χ1) is 23.2. The lowest BCUT2D eigenvalue weighted by Gasteiger charge is -2.12. The van der Waals surface area contributed by atoms with Crippen molar-refractivity contribution in [3.63, 3.8) is 0 Å². The molecule has 5 nitrogen and oxygen atoms in total. The Morgan fingerprint density at radius 3 is 1.89 bits per heavy atom. The highest BCUT2D eigenvalue weighted by atomic mass is 16.3. The van der Waals surface area contributed by atoms with Crippen molar-refractivity contribution in [1.82, 2.24) is 15.0 Å². The number of benzene rings is 7. The highest BCUT2D eigenvalue weighted by molar-refractivity contribution is 6.13. The van der Waals surface area contributed by atoms with Crippen LogP contribution < -0.4 is 0 Å². The Morgan fingerprint density at radius 1 is 0.426 bits per heavy atom. The summed E-state index contributed by atoms with van der Waals surface area (Å²) >= 11 is 0. The van der Waals surface area contributed by atoms with Gasteiger partial charge in [0, 0.05) is 27.5 Å². The van der Waals surface area contributed by atoms with E-state index in [4.69, 9.17) is 19.4 Å². The second-order valence-electron chi connectivity index (χ2n) is 11.6. The molecule has 218 valence electrons. The number of nitriles is 1. The predicted molar refractivity (Wildman–Crippen MR) is 189 cm³/mol. The van der Waals surface area contributed by atoms with Gasteiger partial charge in [-0.15, -0.1) is 0 Å². The first-order valence-corrected chi connectivity index (χ1v) is 15.4. The Morgan fingerprint density at radius 2 is 1.06 bits per heavy atom. The zero-order chi connectivity index (χ0) is 31.3. The third-order valence-corrected chi connectivity index (χ3v) is 8.75. The lowest BCUT2D eigenvalue weighted by Crippen LogP contribution is -2.01. The Labute approximate surface area is 270 Å². The average molecular weight is 601 g/mol. The molecule has 0 atom stereocenters. The molecule has 0 amide bonds. The maximum Gasteiger partial charge on any atom is 0.164 e. The van der Waals surface area contributed by atoms with Gasteiger partial charge in [-0.05, 0) is 69.1 Å². The van der Waals surface area contributed by atoms with Crippen molar-refractivity contribution in [3.8, 4) is 51.4 Å². The van der Waals surface area contributed by atoms with E-state index in [1.54, 1.807) is 6.07 Å². The lowest BCUT2D eigenvalue weighted by atomic mass is 9.97. The first kappa shape index (κ1) is 26.7. The Kier molecular flexibility index (Phi) is 6.12. The zero-order valence-corrected chi connectivity index (χ0v) is 25.1. The zero-order valence-electron chi connectivity index (χ0n) is 25.1. The van der Waals surface area contributed by atoms with Crippen molar-refractivity contribution >= 4 is 43.5 Å². The number of fused-ring (bicyclic) bond motifs is 6. The van der Waals surface area contributed by atoms with E-state index in [2.05, 4.69) is 84.9 Å². The second kappa shape index (κ2) is 10.8. The van der Waals surface area contributed by atoms with E-state index in [0.29, 0.717) is 23.0 Å². The smallest absolute Gasteiger partial charge is 0.164 e. The van der Waals surface area contributed by atoms with Crippen molar-refractivity contribution in [2.75, 3.05) is 0 Å². The summed E-state index contributed by atoms with van der Waals surface area (Å²) in [6, 6.07) is 51.2. The summed E-state index contributed by atoms with van der Waals surface area (Å²) in [6.45, 7) is 0. The molecule has 0 saturated carbocycles. The van der Waals surface area contributed by atoms with Crippen LogP contribution in [-0.4, -0.2) is 15.0 Å². The molecule has 0 bridgehead atoms. The molecule has 0 aliphatic heterocycles. The molecule has 0 N–H and O–H groups in total. The van der Waals surface area contributed by atoms with Gasteiger partial charge in [0.25, 0.3) is 0 Å². The predicted octanol–water partition coefficient (Wildman–Crippen LogP) is 10.6. The van der Waals surface area contributed by atoms with E-state index in [0.717, 1.165) is 65.9 Å². The third kappa shape index (κ3) is 4.59. The molecule has 47 heavy (non-hydrogen) atoms. The molecule has 0 unspecified atom stereocenters.